The Labute approximate surface area is 111 Å². The minimum atomic E-state index is 0.220. The summed E-state index contributed by atoms with van der Waals surface area (Å²) in [4.78, 5) is 4.81. The number of hydrogen-bond donors (Lipinski definition) is 1. The Kier molecular flexibility index (Phi) is 3.81. The van der Waals surface area contributed by atoms with E-state index in [-0.39, 0.29) is 6.04 Å². The quantitative estimate of drug-likeness (QED) is 0.870. The Morgan fingerprint density at radius 2 is 1.39 bits per heavy atom. The number of aryl methyl sites for hydroxylation is 2. The lowest BCUT2D eigenvalue weighted by Crippen LogP contribution is -2.42. The molecule has 0 saturated carbocycles. The van der Waals surface area contributed by atoms with Gasteiger partial charge < -0.3 is 15.5 Å². The molecule has 0 radical (unpaired) electrons. The molecule has 1 aromatic rings. The van der Waals surface area contributed by atoms with E-state index in [0.717, 1.165) is 26.2 Å². The van der Waals surface area contributed by atoms with Crippen LogP contribution in [0.15, 0.2) is 12.1 Å². The molecule has 0 aromatic heterocycles. The van der Waals surface area contributed by atoms with Gasteiger partial charge in [0.2, 0.25) is 0 Å². The van der Waals surface area contributed by atoms with E-state index in [0.29, 0.717) is 0 Å². The molecule has 0 amide bonds. The number of rotatable bonds is 2. The summed E-state index contributed by atoms with van der Waals surface area (Å²) in [6.45, 7) is 12.7. The van der Waals surface area contributed by atoms with Gasteiger partial charge in [0.25, 0.3) is 0 Å². The Hall–Kier alpha value is -1.22. The second-order valence-electron chi connectivity index (χ2n) is 5.26. The second-order valence-corrected chi connectivity index (χ2v) is 5.26. The molecule has 1 aliphatic heterocycles. The first kappa shape index (κ1) is 13.2. The highest BCUT2D eigenvalue weighted by atomic mass is 15.2. The van der Waals surface area contributed by atoms with Crippen LogP contribution in [0, 0.1) is 13.8 Å². The Morgan fingerprint density at radius 1 is 1.00 bits per heavy atom. The van der Waals surface area contributed by atoms with E-state index in [4.69, 9.17) is 5.73 Å². The van der Waals surface area contributed by atoms with Crippen LogP contribution in [-0.2, 0) is 0 Å². The smallest absolute Gasteiger partial charge is 0.0607 e. The molecule has 0 aliphatic carbocycles. The number of nitrogens with zero attached hydrogens (tertiary/aromatic N) is 2. The third-order valence-corrected chi connectivity index (χ3v) is 3.95. The molecular weight excluding hydrogens is 222 g/mol. The van der Waals surface area contributed by atoms with Crippen LogP contribution in [-0.4, -0.2) is 32.2 Å². The van der Waals surface area contributed by atoms with Crippen molar-refractivity contribution < 1.29 is 0 Å². The lowest BCUT2D eigenvalue weighted by atomic mass is 10.1. The highest BCUT2D eigenvalue weighted by molar-refractivity contribution is 5.74. The summed E-state index contributed by atoms with van der Waals surface area (Å²) in [7, 11) is 0. The van der Waals surface area contributed by atoms with Gasteiger partial charge in [-0.25, -0.2) is 0 Å². The van der Waals surface area contributed by atoms with Gasteiger partial charge in [0.05, 0.1) is 11.4 Å². The summed E-state index contributed by atoms with van der Waals surface area (Å²) in [6, 6.07) is 4.85. The lowest BCUT2D eigenvalue weighted by molar-refractivity contribution is 0.636. The minimum absolute atomic E-state index is 0.220. The van der Waals surface area contributed by atoms with Crippen molar-refractivity contribution in [3.8, 4) is 0 Å². The Morgan fingerprint density at radius 3 is 1.72 bits per heavy atom. The van der Waals surface area contributed by atoms with Crippen molar-refractivity contribution in [2.24, 2.45) is 5.73 Å². The zero-order valence-electron chi connectivity index (χ0n) is 12.0. The maximum atomic E-state index is 6.24. The molecule has 100 valence electrons. The van der Waals surface area contributed by atoms with E-state index < -0.39 is 0 Å². The number of nitrogens with two attached hydrogens (primary N) is 1. The van der Waals surface area contributed by atoms with Crippen LogP contribution in [0.1, 0.15) is 25.0 Å². The average molecular weight is 247 g/mol. The standard InChI is InChI=1S/C15H25N3/c1-5-17-9-13(16)10-18(6-2)15-8-12(4)11(3)7-14(15)17/h7-8,13H,5-6,9-10,16H2,1-4H3. The van der Waals surface area contributed by atoms with E-state index in [1.54, 1.807) is 0 Å². The van der Waals surface area contributed by atoms with Gasteiger partial charge in [-0.2, -0.15) is 0 Å². The van der Waals surface area contributed by atoms with E-state index >= 15 is 0 Å². The molecule has 1 aromatic carbocycles. The molecule has 1 aliphatic rings. The van der Waals surface area contributed by atoms with Gasteiger partial charge in [-0.05, 0) is 51.0 Å². The van der Waals surface area contributed by atoms with Gasteiger partial charge in [0.15, 0.2) is 0 Å². The van der Waals surface area contributed by atoms with Crippen LogP contribution >= 0.6 is 0 Å². The zero-order chi connectivity index (χ0) is 13.3. The summed E-state index contributed by atoms with van der Waals surface area (Å²) in [5.41, 5.74) is 11.6. The fourth-order valence-corrected chi connectivity index (χ4v) is 2.71. The first-order valence-electron chi connectivity index (χ1n) is 6.93. The molecule has 0 spiro atoms. The fraction of sp³-hybridized carbons (Fsp3) is 0.600. The predicted octanol–water partition coefficient (Wildman–Crippen LogP) is 2.30. The molecule has 18 heavy (non-hydrogen) atoms. The van der Waals surface area contributed by atoms with Crippen LogP contribution in [0.2, 0.25) is 0 Å². The van der Waals surface area contributed by atoms with Gasteiger partial charge in [0, 0.05) is 32.2 Å². The summed E-state index contributed by atoms with van der Waals surface area (Å²) in [5.74, 6) is 0. The van der Waals surface area contributed by atoms with Gasteiger partial charge in [-0.1, -0.05) is 0 Å². The van der Waals surface area contributed by atoms with Crippen LogP contribution in [0.25, 0.3) is 0 Å². The molecule has 0 atom stereocenters. The highest BCUT2D eigenvalue weighted by Crippen LogP contribution is 2.34. The Balaban J connectivity index is 2.54. The first-order valence-corrected chi connectivity index (χ1v) is 6.93. The third-order valence-electron chi connectivity index (χ3n) is 3.95. The Bertz CT molecular complexity index is 389. The average Bonchev–Trinajstić information content (AvgIpc) is 2.48. The monoisotopic (exact) mass is 247 g/mol. The van der Waals surface area contributed by atoms with Gasteiger partial charge >= 0.3 is 0 Å². The molecule has 3 heteroatoms. The topological polar surface area (TPSA) is 32.5 Å². The first-order chi connectivity index (χ1) is 8.56. The maximum Gasteiger partial charge on any atom is 0.0607 e. The molecule has 0 fully saturated rings. The third kappa shape index (κ3) is 2.32. The second kappa shape index (κ2) is 5.19. The van der Waals surface area contributed by atoms with Gasteiger partial charge in [0.1, 0.15) is 0 Å². The van der Waals surface area contributed by atoms with Gasteiger partial charge in [-0.3, -0.25) is 0 Å². The van der Waals surface area contributed by atoms with Crippen LogP contribution < -0.4 is 15.5 Å². The number of benzene rings is 1. The molecule has 0 unspecified atom stereocenters. The van der Waals surface area contributed by atoms with Crippen molar-refractivity contribution in [2.75, 3.05) is 36.0 Å². The molecule has 0 bridgehead atoms. The predicted molar refractivity (Wildman–Crippen MR) is 79.7 cm³/mol. The summed E-state index contributed by atoms with van der Waals surface area (Å²) < 4.78 is 0. The number of anilines is 2. The fourth-order valence-electron chi connectivity index (χ4n) is 2.71. The molecule has 2 N–H and O–H groups in total. The minimum Gasteiger partial charge on any atom is -0.369 e. The molecule has 3 nitrogen and oxygen atoms in total. The van der Waals surface area contributed by atoms with Crippen molar-refractivity contribution in [2.45, 2.75) is 33.7 Å². The van der Waals surface area contributed by atoms with Gasteiger partial charge in [-0.15, -0.1) is 0 Å². The van der Waals surface area contributed by atoms with Crippen LogP contribution in [0.5, 0.6) is 0 Å². The van der Waals surface area contributed by atoms with E-state index in [1.165, 1.54) is 22.5 Å². The van der Waals surface area contributed by atoms with Crippen molar-refractivity contribution in [1.82, 2.24) is 0 Å². The number of likely N-dealkylation sites (N-methyl/N-ethyl adjacent to an activating group) is 2. The number of fused-ring (bicyclic) bond motifs is 1. The van der Waals surface area contributed by atoms with Crippen molar-refractivity contribution in [1.29, 1.82) is 0 Å². The number of hydrogen-bond acceptors (Lipinski definition) is 3. The van der Waals surface area contributed by atoms with Crippen LogP contribution in [0.3, 0.4) is 0 Å². The lowest BCUT2D eigenvalue weighted by Gasteiger charge is -2.27. The van der Waals surface area contributed by atoms with Crippen molar-refractivity contribution in [3.63, 3.8) is 0 Å². The van der Waals surface area contributed by atoms with Crippen molar-refractivity contribution in [3.05, 3.63) is 23.3 Å². The summed E-state index contributed by atoms with van der Waals surface area (Å²) in [6.07, 6.45) is 0. The maximum absolute atomic E-state index is 6.24. The largest absolute Gasteiger partial charge is 0.369 e. The molecule has 1 heterocycles. The highest BCUT2D eigenvalue weighted by Gasteiger charge is 2.23. The summed E-state index contributed by atoms with van der Waals surface area (Å²) >= 11 is 0. The van der Waals surface area contributed by atoms with E-state index in [2.05, 4.69) is 49.6 Å². The summed E-state index contributed by atoms with van der Waals surface area (Å²) in [5, 5.41) is 0. The molecule has 0 saturated heterocycles. The van der Waals surface area contributed by atoms with E-state index in [9.17, 15) is 0 Å². The van der Waals surface area contributed by atoms with Crippen molar-refractivity contribution >= 4 is 11.4 Å². The SMILES string of the molecule is CCN1CC(N)CN(CC)c2cc(C)c(C)cc21. The normalized spacial score (nSPS) is 16.7. The van der Waals surface area contributed by atoms with Crippen LogP contribution in [0.4, 0.5) is 11.4 Å². The zero-order valence-corrected chi connectivity index (χ0v) is 12.0. The molecular formula is C15H25N3. The van der Waals surface area contributed by atoms with E-state index in [1.807, 2.05) is 0 Å². The molecule has 2 rings (SSSR count).